The van der Waals surface area contributed by atoms with E-state index < -0.39 is 0 Å². The Kier molecular flexibility index (Phi) is 6.45. The van der Waals surface area contributed by atoms with Crippen molar-refractivity contribution in [2.45, 2.75) is 46.1 Å². The fourth-order valence-electron chi connectivity index (χ4n) is 1.80. The molecule has 0 saturated carbocycles. The summed E-state index contributed by atoms with van der Waals surface area (Å²) in [5.41, 5.74) is -0.177. The second kappa shape index (κ2) is 7.88. The lowest BCUT2D eigenvalue weighted by Gasteiger charge is -2.14. The molecule has 0 unspecified atom stereocenters. The average molecular weight is 248 g/mol. The summed E-state index contributed by atoms with van der Waals surface area (Å²) in [4.78, 5) is 4.01. The predicted molar refractivity (Wildman–Crippen MR) is 73.0 cm³/mol. The summed E-state index contributed by atoms with van der Waals surface area (Å²) in [6.07, 6.45) is 10.1. The van der Waals surface area contributed by atoms with Gasteiger partial charge in [0.2, 0.25) is 0 Å². The van der Waals surface area contributed by atoms with Crippen LogP contribution in [-0.2, 0) is 6.54 Å². The number of nitriles is 1. The molecule has 1 N–H and O–H groups in total. The molecule has 100 valence electrons. The minimum Gasteiger partial charge on any atom is -0.337 e. The van der Waals surface area contributed by atoms with Gasteiger partial charge in [0.05, 0.1) is 17.8 Å². The molecule has 1 aromatic rings. The molecule has 1 rings (SSSR count). The van der Waals surface area contributed by atoms with Crippen LogP contribution in [0.25, 0.3) is 0 Å². The highest BCUT2D eigenvalue weighted by Gasteiger charge is 2.14. The van der Waals surface area contributed by atoms with E-state index in [0.29, 0.717) is 0 Å². The van der Waals surface area contributed by atoms with Gasteiger partial charge >= 0.3 is 0 Å². The topological polar surface area (TPSA) is 53.6 Å². The van der Waals surface area contributed by atoms with Crippen LogP contribution < -0.4 is 5.32 Å². The lowest BCUT2D eigenvalue weighted by atomic mass is 9.90. The molecule has 0 aromatic carbocycles. The average Bonchev–Trinajstić information content (AvgIpc) is 2.85. The van der Waals surface area contributed by atoms with Crippen molar-refractivity contribution in [1.82, 2.24) is 14.9 Å². The van der Waals surface area contributed by atoms with Crippen molar-refractivity contribution in [3.8, 4) is 6.07 Å². The highest BCUT2D eigenvalue weighted by molar-refractivity contribution is 4.91. The lowest BCUT2D eigenvalue weighted by molar-refractivity contribution is 0.424. The molecule has 0 amide bonds. The maximum absolute atomic E-state index is 8.88. The van der Waals surface area contributed by atoms with E-state index in [1.54, 1.807) is 0 Å². The summed E-state index contributed by atoms with van der Waals surface area (Å²) in [5, 5.41) is 12.3. The number of rotatable bonds is 9. The summed E-state index contributed by atoms with van der Waals surface area (Å²) in [5.74, 6) is 0. The van der Waals surface area contributed by atoms with E-state index >= 15 is 0 Å². The van der Waals surface area contributed by atoms with Crippen molar-refractivity contribution in [2.24, 2.45) is 5.41 Å². The van der Waals surface area contributed by atoms with Gasteiger partial charge in [-0.05, 0) is 52.6 Å². The number of imidazole rings is 1. The van der Waals surface area contributed by atoms with E-state index in [9.17, 15) is 0 Å². The first-order valence-corrected chi connectivity index (χ1v) is 6.72. The van der Waals surface area contributed by atoms with Gasteiger partial charge in [0.1, 0.15) is 0 Å². The minimum atomic E-state index is -0.177. The first-order chi connectivity index (χ1) is 8.64. The van der Waals surface area contributed by atoms with Crippen LogP contribution in [0.4, 0.5) is 0 Å². The van der Waals surface area contributed by atoms with Crippen LogP contribution in [0, 0.1) is 16.7 Å². The van der Waals surface area contributed by atoms with Crippen molar-refractivity contribution in [1.29, 1.82) is 5.26 Å². The Morgan fingerprint density at radius 2 is 2.06 bits per heavy atom. The lowest BCUT2D eigenvalue weighted by Crippen LogP contribution is -2.19. The molecule has 4 nitrogen and oxygen atoms in total. The molecule has 0 spiro atoms. The van der Waals surface area contributed by atoms with Gasteiger partial charge in [-0.3, -0.25) is 0 Å². The van der Waals surface area contributed by atoms with Gasteiger partial charge in [-0.1, -0.05) is 0 Å². The predicted octanol–water partition coefficient (Wildman–Crippen LogP) is 2.58. The molecule has 0 atom stereocenters. The highest BCUT2D eigenvalue weighted by atomic mass is 15.0. The van der Waals surface area contributed by atoms with Crippen LogP contribution >= 0.6 is 0 Å². The molecular weight excluding hydrogens is 224 g/mol. The van der Waals surface area contributed by atoms with Gasteiger partial charge in [-0.25, -0.2) is 4.98 Å². The second-order valence-corrected chi connectivity index (χ2v) is 5.36. The Morgan fingerprint density at radius 1 is 1.28 bits per heavy atom. The van der Waals surface area contributed by atoms with Crippen molar-refractivity contribution >= 4 is 0 Å². The Bertz CT molecular complexity index is 348. The van der Waals surface area contributed by atoms with Crippen LogP contribution in [0.3, 0.4) is 0 Å². The zero-order valence-electron chi connectivity index (χ0n) is 11.5. The largest absolute Gasteiger partial charge is 0.337 e. The van der Waals surface area contributed by atoms with Gasteiger partial charge in [0.15, 0.2) is 0 Å². The standard InChI is InChI=1S/C14H24N4/c1-14(2,12-15)6-5-8-16-7-3-4-10-18-11-9-17-13-18/h9,11,13,16H,3-8,10H2,1-2H3. The number of hydrogen-bond acceptors (Lipinski definition) is 3. The number of unbranched alkanes of at least 4 members (excludes halogenated alkanes) is 1. The third-order valence-corrected chi connectivity index (χ3v) is 3.04. The van der Waals surface area contributed by atoms with Gasteiger partial charge in [0, 0.05) is 18.9 Å². The van der Waals surface area contributed by atoms with Crippen molar-refractivity contribution in [2.75, 3.05) is 13.1 Å². The SMILES string of the molecule is CC(C)(C#N)CCCNCCCCn1ccnc1. The molecule has 0 aliphatic heterocycles. The van der Waals surface area contributed by atoms with Crippen molar-refractivity contribution in [3.63, 3.8) is 0 Å². The molecule has 0 aliphatic carbocycles. The number of nitrogens with one attached hydrogen (secondary N) is 1. The zero-order valence-corrected chi connectivity index (χ0v) is 11.5. The molecule has 1 aromatic heterocycles. The van der Waals surface area contributed by atoms with E-state index in [4.69, 9.17) is 5.26 Å². The van der Waals surface area contributed by atoms with Crippen LogP contribution in [0.5, 0.6) is 0 Å². The van der Waals surface area contributed by atoms with Crippen LogP contribution in [-0.4, -0.2) is 22.6 Å². The minimum absolute atomic E-state index is 0.177. The van der Waals surface area contributed by atoms with Crippen LogP contribution in [0.1, 0.15) is 39.5 Å². The van der Waals surface area contributed by atoms with Gasteiger partial charge in [-0.15, -0.1) is 0 Å². The molecule has 0 fully saturated rings. The quantitative estimate of drug-likeness (QED) is 0.683. The van der Waals surface area contributed by atoms with Crippen molar-refractivity contribution < 1.29 is 0 Å². The Balaban J connectivity index is 1.89. The molecule has 0 aliphatic rings. The fraction of sp³-hybridized carbons (Fsp3) is 0.714. The van der Waals surface area contributed by atoms with E-state index in [1.807, 2.05) is 32.6 Å². The smallest absolute Gasteiger partial charge is 0.0945 e. The normalized spacial score (nSPS) is 11.4. The fourth-order valence-corrected chi connectivity index (χ4v) is 1.80. The van der Waals surface area contributed by atoms with E-state index in [1.165, 1.54) is 12.8 Å². The molecule has 0 saturated heterocycles. The maximum atomic E-state index is 8.88. The van der Waals surface area contributed by atoms with E-state index in [-0.39, 0.29) is 5.41 Å². The molecular formula is C14H24N4. The maximum Gasteiger partial charge on any atom is 0.0945 e. The molecule has 0 bridgehead atoms. The molecule has 4 heteroatoms. The Labute approximate surface area is 110 Å². The summed E-state index contributed by atoms with van der Waals surface area (Å²) < 4.78 is 2.11. The third kappa shape index (κ3) is 6.41. The Morgan fingerprint density at radius 3 is 2.72 bits per heavy atom. The molecule has 1 heterocycles. The van der Waals surface area contributed by atoms with E-state index in [0.717, 1.165) is 32.5 Å². The molecule has 0 radical (unpaired) electrons. The van der Waals surface area contributed by atoms with Crippen molar-refractivity contribution in [3.05, 3.63) is 18.7 Å². The first-order valence-electron chi connectivity index (χ1n) is 6.72. The van der Waals surface area contributed by atoms with Gasteiger partial charge < -0.3 is 9.88 Å². The van der Waals surface area contributed by atoms with Crippen LogP contribution in [0.15, 0.2) is 18.7 Å². The number of nitrogens with zero attached hydrogens (tertiary/aromatic N) is 3. The highest BCUT2D eigenvalue weighted by Crippen LogP contribution is 2.19. The summed E-state index contributed by atoms with van der Waals surface area (Å²) in [7, 11) is 0. The van der Waals surface area contributed by atoms with Gasteiger partial charge in [0.25, 0.3) is 0 Å². The summed E-state index contributed by atoms with van der Waals surface area (Å²) in [6.45, 7) is 7.11. The van der Waals surface area contributed by atoms with E-state index in [2.05, 4.69) is 20.9 Å². The summed E-state index contributed by atoms with van der Waals surface area (Å²) >= 11 is 0. The third-order valence-electron chi connectivity index (χ3n) is 3.04. The van der Waals surface area contributed by atoms with Gasteiger partial charge in [-0.2, -0.15) is 5.26 Å². The first kappa shape index (κ1) is 14.7. The second-order valence-electron chi connectivity index (χ2n) is 5.36. The monoisotopic (exact) mass is 248 g/mol. The summed E-state index contributed by atoms with van der Waals surface area (Å²) in [6, 6.07) is 2.33. The van der Waals surface area contributed by atoms with Crippen LogP contribution in [0.2, 0.25) is 0 Å². The zero-order chi connectivity index (χ0) is 13.3. The number of aryl methyl sites for hydroxylation is 1. The molecule has 18 heavy (non-hydrogen) atoms. The number of aromatic nitrogens is 2. The number of hydrogen-bond donors (Lipinski definition) is 1. The Hall–Kier alpha value is -1.34.